The predicted molar refractivity (Wildman–Crippen MR) is 156 cm³/mol. The van der Waals surface area contributed by atoms with Gasteiger partial charge in [0.25, 0.3) is 0 Å². The molecule has 0 saturated carbocycles. The molecule has 4 unspecified atom stereocenters. The van der Waals surface area contributed by atoms with Gasteiger partial charge in [-0.1, -0.05) is 86.0 Å². The summed E-state index contributed by atoms with van der Waals surface area (Å²) in [5.74, 6) is -1.09. The van der Waals surface area contributed by atoms with Crippen molar-refractivity contribution in [2.24, 2.45) is 11.3 Å². The summed E-state index contributed by atoms with van der Waals surface area (Å²) in [5.41, 5.74) is -1.15. The summed E-state index contributed by atoms with van der Waals surface area (Å²) in [5, 5.41) is 12.5. The molecule has 1 spiro atoms. The lowest BCUT2D eigenvalue weighted by molar-refractivity contribution is -0.404. The van der Waals surface area contributed by atoms with Gasteiger partial charge in [0.1, 0.15) is 0 Å². The number of nitrogens with zero attached hydrogens (tertiary/aromatic N) is 1. The zero-order valence-corrected chi connectivity index (χ0v) is 26.6. The van der Waals surface area contributed by atoms with E-state index < -0.39 is 23.2 Å². The lowest BCUT2D eigenvalue weighted by Gasteiger charge is -2.63. The molecular formula is C32H61NO6. The maximum absolute atomic E-state index is 12.0. The van der Waals surface area contributed by atoms with Crippen molar-refractivity contribution in [1.82, 2.24) is 5.06 Å². The van der Waals surface area contributed by atoms with Crippen molar-refractivity contribution < 1.29 is 28.9 Å². The van der Waals surface area contributed by atoms with Crippen LogP contribution in [0.3, 0.4) is 0 Å². The minimum Gasteiger partial charge on any atom is -0.368 e. The molecule has 2 aliphatic heterocycles. The SMILES string of the molecule is CCCCCCCCCCCC(O)OCC1(CC)COC2(CC(C)(CC)N(OC(C)=O)C(C)(CC)C2C)OC1. The van der Waals surface area contributed by atoms with Crippen molar-refractivity contribution in [2.75, 3.05) is 19.8 Å². The summed E-state index contributed by atoms with van der Waals surface area (Å²) < 4.78 is 19.4. The monoisotopic (exact) mass is 555 g/mol. The van der Waals surface area contributed by atoms with E-state index in [0.717, 1.165) is 32.1 Å². The maximum Gasteiger partial charge on any atom is 0.322 e. The number of rotatable bonds is 17. The third-order valence-corrected chi connectivity index (χ3v) is 10.0. The Bertz CT molecular complexity index is 723. The fourth-order valence-electron chi connectivity index (χ4n) is 6.44. The normalized spacial score (nSPS) is 34.3. The van der Waals surface area contributed by atoms with E-state index in [0.29, 0.717) is 32.7 Å². The van der Waals surface area contributed by atoms with E-state index in [1.54, 1.807) is 0 Å². The smallest absolute Gasteiger partial charge is 0.322 e. The standard InChI is InChI=1S/C32H61NO6/c1-9-13-14-15-16-17-18-19-20-21-28(35)36-23-31(12-4)24-37-32(38-25-31)22-29(7,10-2)33(39-27(6)34)30(8,11-3)26(32)5/h26,28,35H,9-25H2,1-8H3. The van der Waals surface area contributed by atoms with Gasteiger partial charge in [-0.25, -0.2) is 0 Å². The summed E-state index contributed by atoms with van der Waals surface area (Å²) >= 11 is 0. The van der Waals surface area contributed by atoms with Crippen LogP contribution >= 0.6 is 0 Å². The van der Waals surface area contributed by atoms with Gasteiger partial charge in [-0.05, 0) is 46.0 Å². The number of hydroxylamine groups is 2. The highest BCUT2D eigenvalue weighted by molar-refractivity contribution is 5.65. The molecule has 2 saturated heterocycles. The second kappa shape index (κ2) is 15.5. The first-order valence-corrected chi connectivity index (χ1v) is 16.0. The number of carbonyl (C=O) groups is 1. The van der Waals surface area contributed by atoms with E-state index in [1.165, 1.54) is 51.9 Å². The number of ether oxygens (including phenoxy) is 3. The van der Waals surface area contributed by atoms with E-state index in [9.17, 15) is 9.90 Å². The molecule has 0 aromatic carbocycles. The molecule has 2 fully saturated rings. The number of unbranched alkanes of at least 4 members (excludes halogenated alkanes) is 8. The summed E-state index contributed by atoms with van der Waals surface area (Å²) in [6.07, 6.45) is 14.3. The van der Waals surface area contributed by atoms with Crippen LogP contribution in [0.25, 0.3) is 0 Å². The van der Waals surface area contributed by atoms with E-state index in [2.05, 4.69) is 48.5 Å². The van der Waals surface area contributed by atoms with Gasteiger partial charge in [-0.2, -0.15) is 0 Å². The van der Waals surface area contributed by atoms with E-state index >= 15 is 0 Å². The molecule has 0 amide bonds. The van der Waals surface area contributed by atoms with Crippen LogP contribution in [0.1, 0.15) is 145 Å². The number of piperidine rings is 1. The minimum absolute atomic E-state index is 0.0259. The summed E-state index contributed by atoms with van der Waals surface area (Å²) in [6.45, 7) is 18.0. The van der Waals surface area contributed by atoms with Crippen LogP contribution in [0.5, 0.6) is 0 Å². The van der Waals surface area contributed by atoms with Crippen LogP contribution in [0.2, 0.25) is 0 Å². The van der Waals surface area contributed by atoms with Crippen molar-refractivity contribution in [3.8, 4) is 0 Å². The van der Waals surface area contributed by atoms with Gasteiger partial charge in [-0.3, -0.25) is 4.79 Å². The topological polar surface area (TPSA) is 77.5 Å². The summed E-state index contributed by atoms with van der Waals surface area (Å²) in [6, 6.07) is 0. The van der Waals surface area contributed by atoms with E-state index in [1.807, 2.05) is 5.06 Å². The highest BCUT2D eigenvalue weighted by Gasteiger charge is 2.64. The fraction of sp³-hybridized carbons (Fsp3) is 0.969. The molecule has 230 valence electrons. The van der Waals surface area contributed by atoms with Crippen molar-refractivity contribution in [1.29, 1.82) is 0 Å². The van der Waals surface area contributed by atoms with Gasteiger partial charge in [0.15, 0.2) is 12.1 Å². The zero-order valence-electron chi connectivity index (χ0n) is 26.6. The van der Waals surface area contributed by atoms with Crippen LogP contribution in [0.15, 0.2) is 0 Å². The molecule has 0 aromatic rings. The second-order valence-corrected chi connectivity index (χ2v) is 13.0. The summed E-state index contributed by atoms with van der Waals surface area (Å²) in [4.78, 5) is 17.9. The second-order valence-electron chi connectivity index (χ2n) is 13.0. The van der Waals surface area contributed by atoms with Crippen molar-refractivity contribution in [2.45, 2.75) is 168 Å². The molecule has 1 N–H and O–H groups in total. The first-order valence-electron chi connectivity index (χ1n) is 16.0. The lowest BCUT2D eigenvalue weighted by Crippen LogP contribution is -2.74. The molecule has 39 heavy (non-hydrogen) atoms. The molecule has 2 aliphatic rings. The third-order valence-electron chi connectivity index (χ3n) is 10.0. The Morgan fingerprint density at radius 3 is 1.97 bits per heavy atom. The molecule has 0 aliphatic carbocycles. The number of aliphatic hydroxyl groups is 1. The number of aliphatic hydroxyl groups excluding tert-OH is 1. The predicted octanol–water partition coefficient (Wildman–Crippen LogP) is 7.54. The van der Waals surface area contributed by atoms with Crippen LogP contribution in [0, 0.1) is 11.3 Å². The molecule has 2 heterocycles. The minimum atomic E-state index is -0.764. The van der Waals surface area contributed by atoms with E-state index in [4.69, 9.17) is 19.0 Å². The van der Waals surface area contributed by atoms with Gasteiger partial charge in [-0.15, -0.1) is 5.06 Å². The van der Waals surface area contributed by atoms with Crippen molar-refractivity contribution >= 4 is 5.97 Å². The molecular weight excluding hydrogens is 494 g/mol. The first-order chi connectivity index (χ1) is 18.5. The number of carbonyl (C=O) groups excluding carboxylic acids is 1. The van der Waals surface area contributed by atoms with Crippen LogP contribution in [-0.4, -0.2) is 59.1 Å². The van der Waals surface area contributed by atoms with Gasteiger partial charge in [0.05, 0.1) is 30.9 Å². The third kappa shape index (κ3) is 8.64. The van der Waals surface area contributed by atoms with Gasteiger partial charge in [0.2, 0.25) is 0 Å². The highest BCUT2D eigenvalue weighted by atomic mass is 16.7. The van der Waals surface area contributed by atoms with Gasteiger partial charge < -0.3 is 24.2 Å². The first kappa shape index (κ1) is 34.5. The molecule has 7 heteroatoms. The average molecular weight is 556 g/mol. The number of hydrogen-bond acceptors (Lipinski definition) is 7. The maximum atomic E-state index is 12.0. The van der Waals surface area contributed by atoms with Gasteiger partial charge >= 0.3 is 5.97 Å². The molecule has 0 bridgehead atoms. The fourth-order valence-corrected chi connectivity index (χ4v) is 6.44. The average Bonchev–Trinajstić information content (AvgIpc) is 2.93. The molecule has 2 rings (SSSR count). The Balaban J connectivity index is 1.91. The van der Waals surface area contributed by atoms with Crippen LogP contribution < -0.4 is 0 Å². The zero-order chi connectivity index (χ0) is 29.2. The Kier molecular flexibility index (Phi) is 13.7. The van der Waals surface area contributed by atoms with Crippen molar-refractivity contribution in [3.63, 3.8) is 0 Å². The van der Waals surface area contributed by atoms with Crippen LogP contribution in [-0.2, 0) is 23.8 Å². The Hall–Kier alpha value is -0.730. The molecule has 0 radical (unpaired) electrons. The molecule has 0 aromatic heterocycles. The lowest BCUT2D eigenvalue weighted by atomic mass is 9.66. The molecule has 4 atom stereocenters. The number of hydrogen-bond donors (Lipinski definition) is 1. The highest BCUT2D eigenvalue weighted by Crippen LogP contribution is 2.54. The Morgan fingerprint density at radius 1 is 0.923 bits per heavy atom. The quantitative estimate of drug-likeness (QED) is 0.147. The van der Waals surface area contributed by atoms with Crippen LogP contribution in [0.4, 0.5) is 0 Å². The molecule has 7 nitrogen and oxygen atoms in total. The van der Waals surface area contributed by atoms with E-state index in [-0.39, 0.29) is 17.3 Å². The Labute approximate surface area is 239 Å². The largest absolute Gasteiger partial charge is 0.368 e. The summed E-state index contributed by atoms with van der Waals surface area (Å²) in [7, 11) is 0. The van der Waals surface area contributed by atoms with Crippen molar-refractivity contribution in [3.05, 3.63) is 0 Å². The van der Waals surface area contributed by atoms with Gasteiger partial charge in [0, 0.05) is 24.7 Å². The Morgan fingerprint density at radius 2 is 1.49 bits per heavy atom.